The summed E-state index contributed by atoms with van der Waals surface area (Å²) in [5.74, 6) is -0.148. The summed E-state index contributed by atoms with van der Waals surface area (Å²) >= 11 is 0. The van der Waals surface area contributed by atoms with E-state index in [-0.39, 0.29) is 17.5 Å². The number of para-hydroxylation sites is 1. The SMILES string of the molecule is CCOc1ccccc1S(=O)(=O)N1C[C@H]2C[C@@H]1C(=O)O2. The van der Waals surface area contributed by atoms with Gasteiger partial charge in [0.05, 0.1) is 13.2 Å². The van der Waals surface area contributed by atoms with Crippen LogP contribution in [0.4, 0.5) is 0 Å². The minimum atomic E-state index is -3.75. The number of esters is 1. The third kappa shape index (κ3) is 1.97. The molecule has 6 nitrogen and oxygen atoms in total. The Labute approximate surface area is 117 Å². The van der Waals surface area contributed by atoms with Crippen molar-refractivity contribution in [3.05, 3.63) is 24.3 Å². The van der Waals surface area contributed by atoms with Crippen molar-refractivity contribution in [2.45, 2.75) is 30.4 Å². The third-order valence-corrected chi connectivity index (χ3v) is 5.42. The third-order valence-electron chi connectivity index (χ3n) is 3.51. The number of fused-ring (bicyclic) bond motifs is 2. The van der Waals surface area contributed by atoms with Crippen LogP contribution in [0.15, 0.2) is 29.2 Å². The lowest BCUT2D eigenvalue weighted by molar-refractivity contribution is -0.148. The maximum Gasteiger partial charge on any atom is 0.324 e. The Kier molecular flexibility index (Phi) is 3.18. The molecular formula is C13H15NO5S. The second-order valence-electron chi connectivity index (χ2n) is 4.76. The number of hydrogen-bond donors (Lipinski definition) is 0. The van der Waals surface area contributed by atoms with Gasteiger partial charge in [0.15, 0.2) is 0 Å². The first kappa shape index (κ1) is 13.4. The summed E-state index contributed by atoms with van der Waals surface area (Å²) in [5, 5.41) is 0. The average Bonchev–Trinajstić information content (AvgIpc) is 2.99. The molecule has 0 saturated carbocycles. The van der Waals surface area contributed by atoms with E-state index in [4.69, 9.17) is 9.47 Å². The largest absolute Gasteiger partial charge is 0.492 e. The van der Waals surface area contributed by atoms with Crippen molar-refractivity contribution in [3.63, 3.8) is 0 Å². The van der Waals surface area contributed by atoms with Gasteiger partial charge in [0.1, 0.15) is 22.8 Å². The number of carbonyl (C=O) groups is 1. The molecule has 0 aromatic heterocycles. The van der Waals surface area contributed by atoms with Crippen LogP contribution in [-0.4, -0.2) is 44.0 Å². The lowest BCUT2D eigenvalue weighted by Gasteiger charge is -2.25. The van der Waals surface area contributed by atoms with E-state index < -0.39 is 22.0 Å². The number of nitrogens with zero attached hydrogens (tertiary/aromatic N) is 1. The molecule has 1 aromatic carbocycles. The van der Waals surface area contributed by atoms with E-state index in [1.807, 2.05) is 0 Å². The molecule has 0 aliphatic carbocycles. The highest BCUT2D eigenvalue weighted by Gasteiger charge is 2.52. The van der Waals surface area contributed by atoms with Gasteiger partial charge in [-0.3, -0.25) is 4.79 Å². The summed E-state index contributed by atoms with van der Waals surface area (Å²) in [7, 11) is -3.75. The smallest absolute Gasteiger partial charge is 0.324 e. The molecule has 2 fully saturated rings. The van der Waals surface area contributed by atoms with Crippen LogP contribution in [0.3, 0.4) is 0 Å². The molecule has 2 aliphatic rings. The molecule has 0 amide bonds. The fraction of sp³-hybridized carbons (Fsp3) is 0.462. The highest BCUT2D eigenvalue weighted by atomic mass is 32.2. The van der Waals surface area contributed by atoms with Gasteiger partial charge in [-0.15, -0.1) is 0 Å². The first-order valence-electron chi connectivity index (χ1n) is 6.48. The predicted molar refractivity (Wildman–Crippen MR) is 69.8 cm³/mol. The first-order chi connectivity index (χ1) is 9.54. The molecule has 2 bridgehead atoms. The topological polar surface area (TPSA) is 72.9 Å². The van der Waals surface area contributed by atoms with Gasteiger partial charge >= 0.3 is 5.97 Å². The van der Waals surface area contributed by atoms with Crippen molar-refractivity contribution in [1.29, 1.82) is 0 Å². The van der Waals surface area contributed by atoms with Crippen LogP contribution < -0.4 is 4.74 Å². The van der Waals surface area contributed by atoms with Gasteiger partial charge in [0.2, 0.25) is 10.0 Å². The van der Waals surface area contributed by atoms with Gasteiger partial charge in [-0.1, -0.05) is 12.1 Å². The molecular weight excluding hydrogens is 282 g/mol. The van der Waals surface area contributed by atoms with Crippen molar-refractivity contribution in [2.75, 3.05) is 13.2 Å². The minimum Gasteiger partial charge on any atom is -0.492 e. The van der Waals surface area contributed by atoms with Gasteiger partial charge < -0.3 is 9.47 Å². The normalized spacial score (nSPS) is 25.8. The quantitative estimate of drug-likeness (QED) is 0.768. The lowest BCUT2D eigenvalue weighted by Crippen LogP contribution is -2.44. The van der Waals surface area contributed by atoms with Gasteiger partial charge in [0, 0.05) is 6.42 Å². The molecule has 0 N–H and O–H groups in total. The van der Waals surface area contributed by atoms with Crippen LogP contribution in [-0.2, 0) is 19.6 Å². The molecule has 0 unspecified atom stereocenters. The molecule has 2 heterocycles. The van der Waals surface area contributed by atoms with Crippen molar-refractivity contribution < 1.29 is 22.7 Å². The number of ether oxygens (including phenoxy) is 2. The van der Waals surface area contributed by atoms with E-state index in [0.29, 0.717) is 18.8 Å². The van der Waals surface area contributed by atoms with Crippen molar-refractivity contribution in [1.82, 2.24) is 4.31 Å². The van der Waals surface area contributed by atoms with Crippen LogP contribution in [0.5, 0.6) is 5.75 Å². The zero-order valence-corrected chi connectivity index (χ0v) is 11.8. The van der Waals surface area contributed by atoms with Gasteiger partial charge in [0.25, 0.3) is 0 Å². The Morgan fingerprint density at radius 3 is 2.80 bits per heavy atom. The second-order valence-corrected chi connectivity index (χ2v) is 6.62. The zero-order valence-electron chi connectivity index (χ0n) is 11.0. The summed E-state index contributed by atoms with van der Waals surface area (Å²) in [6.45, 7) is 2.39. The molecule has 1 aromatic rings. The highest BCUT2D eigenvalue weighted by Crippen LogP contribution is 2.36. The van der Waals surface area contributed by atoms with E-state index in [1.54, 1.807) is 25.1 Å². The maximum atomic E-state index is 12.7. The molecule has 108 valence electrons. The van der Waals surface area contributed by atoms with Crippen LogP contribution in [0, 0.1) is 0 Å². The van der Waals surface area contributed by atoms with Gasteiger partial charge in [-0.05, 0) is 19.1 Å². The molecule has 0 radical (unpaired) electrons. The van der Waals surface area contributed by atoms with Crippen LogP contribution in [0.25, 0.3) is 0 Å². The maximum absolute atomic E-state index is 12.7. The van der Waals surface area contributed by atoms with Crippen LogP contribution in [0.2, 0.25) is 0 Å². The van der Waals surface area contributed by atoms with Gasteiger partial charge in [-0.25, -0.2) is 8.42 Å². The summed E-state index contributed by atoms with van der Waals surface area (Å²) in [6, 6.07) is 5.77. The standard InChI is InChI=1S/C13H15NO5S/c1-2-18-11-5-3-4-6-12(11)20(16,17)14-8-9-7-10(14)13(15)19-9/h3-6,9-10H,2,7-8H2,1H3/t9-,10-/m1/s1. The number of morpholine rings is 1. The number of sulfonamides is 1. The number of rotatable bonds is 4. The summed E-state index contributed by atoms with van der Waals surface area (Å²) in [4.78, 5) is 11.7. The van der Waals surface area contributed by atoms with Crippen LogP contribution in [0.1, 0.15) is 13.3 Å². The number of hydrogen-bond acceptors (Lipinski definition) is 5. The fourth-order valence-electron chi connectivity index (χ4n) is 2.64. The molecule has 2 aliphatic heterocycles. The van der Waals surface area contributed by atoms with E-state index in [0.717, 1.165) is 0 Å². The molecule has 7 heteroatoms. The molecule has 0 spiro atoms. The zero-order chi connectivity index (χ0) is 14.3. The molecule has 20 heavy (non-hydrogen) atoms. The van der Waals surface area contributed by atoms with E-state index in [9.17, 15) is 13.2 Å². The molecule has 3 rings (SSSR count). The Hall–Kier alpha value is -1.60. The highest BCUT2D eigenvalue weighted by molar-refractivity contribution is 7.89. The first-order valence-corrected chi connectivity index (χ1v) is 7.92. The average molecular weight is 297 g/mol. The summed E-state index contributed by atoms with van der Waals surface area (Å²) in [6.07, 6.45) is 0.121. The Bertz CT molecular complexity index is 642. The van der Waals surface area contributed by atoms with Gasteiger partial charge in [-0.2, -0.15) is 4.31 Å². The second kappa shape index (κ2) is 4.75. The number of benzene rings is 1. The Morgan fingerprint density at radius 2 is 2.15 bits per heavy atom. The van der Waals surface area contributed by atoms with Crippen LogP contribution >= 0.6 is 0 Å². The monoisotopic (exact) mass is 297 g/mol. The fourth-order valence-corrected chi connectivity index (χ4v) is 4.40. The minimum absolute atomic E-state index is 0.0993. The lowest BCUT2D eigenvalue weighted by atomic mass is 10.2. The van der Waals surface area contributed by atoms with E-state index in [1.165, 1.54) is 10.4 Å². The molecule has 2 atom stereocenters. The molecule has 2 saturated heterocycles. The Morgan fingerprint density at radius 1 is 1.40 bits per heavy atom. The predicted octanol–water partition coefficient (Wildman–Crippen LogP) is 0.774. The number of carbonyl (C=O) groups excluding carboxylic acids is 1. The Balaban J connectivity index is 1.99. The van der Waals surface area contributed by atoms with Crippen molar-refractivity contribution in [2.24, 2.45) is 0 Å². The van der Waals surface area contributed by atoms with E-state index >= 15 is 0 Å². The van der Waals surface area contributed by atoms with Crippen molar-refractivity contribution in [3.8, 4) is 5.75 Å². The van der Waals surface area contributed by atoms with E-state index in [2.05, 4.69) is 0 Å². The summed E-state index contributed by atoms with van der Waals surface area (Å²) in [5.41, 5.74) is 0. The van der Waals surface area contributed by atoms with Crippen molar-refractivity contribution >= 4 is 16.0 Å². The summed E-state index contributed by atoms with van der Waals surface area (Å²) < 4.78 is 37.0.